The SMILES string of the molecule is Cc1cc2c(NC(C)c3ccsc3)nc(N)nc2s1. The topological polar surface area (TPSA) is 63.8 Å². The van der Waals surface area contributed by atoms with Gasteiger partial charge in [-0.1, -0.05) is 0 Å². The second-order valence-corrected chi connectivity index (χ2v) is 6.44. The molecule has 0 spiro atoms. The van der Waals surface area contributed by atoms with E-state index in [1.165, 1.54) is 10.4 Å². The first-order chi connectivity index (χ1) is 9.13. The number of thiophene rings is 2. The van der Waals surface area contributed by atoms with Gasteiger partial charge in [0.05, 0.1) is 11.4 Å². The lowest BCUT2D eigenvalue weighted by Crippen LogP contribution is -2.08. The van der Waals surface area contributed by atoms with E-state index in [1.807, 2.05) is 0 Å². The number of nitrogens with one attached hydrogen (secondary N) is 1. The van der Waals surface area contributed by atoms with E-state index in [-0.39, 0.29) is 6.04 Å². The van der Waals surface area contributed by atoms with Crippen LogP contribution < -0.4 is 11.1 Å². The molecule has 0 aliphatic heterocycles. The number of fused-ring (bicyclic) bond motifs is 1. The summed E-state index contributed by atoms with van der Waals surface area (Å²) in [6, 6.07) is 4.41. The molecule has 1 atom stereocenters. The number of rotatable bonds is 3. The van der Waals surface area contributed by atoms with Gasteiger partial charge in [-0.25, -0.2) is 4.98 Å². The minimum atomic E-state index is 0.198. The van der Waals surface area contributed by atoms with E-state index in [4.69, 9.17) is 5.73 Å². The molecule has 3 heterocycles. The molecule has 19 heavy (non-hydrogen) atoms. The minimum Gasteiger partial charge on any atom is -0.368 e. The summed E-state index contributed by atoms with van der Waals surface area (Å²) in [6.45, 7) is 4.18. The lowest BCUT2D eigenvalue weighted by Gasteiger charge is -2.14. The molecule has 0 aliphatic carbocycles. The molecule has 4 nitrogen and oxygen atoms in total. The van der Waals surface area contributed by atoms with Gasteiger partial charge in [-0.15, -0.1) is 11.3 Å². The Morgan fingerprint density at radius 1 is 1.37 bits per heavy atom. The van der Waals surface area contributed by atoms with E-state index in [2.05, 4.69) is 52.0 Å². The van der Waals surface area contributed by atoms with Crippen LogP contribution in [0.4, 0.5) is 11.8 Å². The predicted molar refractivity (Wildman–Crippen MR) is 82.9 cm³/mol. The van der Waals surface area contributed by atoms with Gasteiger partial charge in [-0.05, 0) is 42.3 Å². The van der Waals surface area contributed by atoms with Crippen LogP contribution in [0.15, 0.2) is 22.9 Å². The zero-order valence-corrected chi connectivity index (χ0v) is 12.3. The Hall–Kier alpha value is -1.66. The molecule has 1 unspecified atom stereocenters. The molecular weight excluding hydrogens is 276 g/mol. The quantitative estimate of drug-likeness (QED) is 0.769. The minimum absolute atomic E-state index is 0.198. The molecule has 3 aromatic heterocycles. The summed E-state index contributed by atoms with van der Waals surface area (Å²) in [6.07, 6.45) is 0. The lowest BCUT2D eigenvalue weighted by atomic mass is 10.2. The number of hydrogen-bond donors (Lipinski definition) is 2. The summed E-state index contributed by atoms with van der Waals surface area (Å²) in [5.41, 5.74) is 7.03. The van der Waals surface area contributed by atoms with Crippen molar-refractivity contribution < 1.29 is 0 Å². The highest BCUT2D eigenvalue weighted by molar-refractivity contribution is 7.18. The average molecular weight is 290 g/mol. The molecule has 0 saturated heterocycles. The van der Waals surface area contributed by atoms with Gasteiger partial charge in [0.2, 0.25) is 5.95 Å². The fourth-order valence-electron chi connectivity index (χ4n) is 1.98. The van der Waals surface area contributed by atoms with Gasteiger partial charge in [0, 0.05) is 4.88 Å². The molecule has 0 aliphatic rings. The number of hydrogen-bond acceptors (Lipinski definition) is 6. The second-order valence-electron chi connectivity index (χ2n) is 4.43. The van der Waals surface area contributed by atoms with Crippen molar-refractivity contribution in [3.8, 4) is 0 Å². The predicted octanol–water partition coefficient (Wildman–Crippen LogP) is 3.82. The van der Waals surface area contributed by atoms with Crippen LogP contribution in [0.2, 0.25) is 0 Å². The third kappa shape index (κ3) is 2.41. The molecule has 0 bridgehead atoms. The Morgan fingerprint density at radius 3 is 2.95 bits per heavy atom. The summed E-state index contributed by atoms with van der Waals surface area (Å²) in [5, 5.41) is 8.68. The number of nitrogens with zero attached hydrogens (tertiary/aromatic N) is 2. The highest BCUT2D eigenvalue weighted by Gasteiger charge is 2.12. The zero-order chi connectivity index (χ0) is 13.4. The van der Waals surface area contributed by atoms with Gasteiger partial charge in [-0.2, -0.15) is 16.3 Å². The molecule has 0 amide bonds. The van der Waals surface area contributed by atoms with Crippen molar-refractivity contribution in [3.63, 3.8) is 0 Å². The third-order valence-electron chi connectivity index (χ3n) is 2.93. The van der Waals surface area contributed by atoms with Crippen molar-refractivity contribution in [3.05, 3.63) is 33.3 Å². The van der Waals surface area contributed by atoms with E-state index >= 15 is 0 Å². The molecule has 0 radical (unpaired) electrons. The molecule has 3 N–H and O–H groups in total. The Balaban J connectivity index is 2.00. The maximum absolute atomic E-state index is 5.77. The number of nitrogen functional groups attached to an aromatic ring is 1. The van der Waals surface area contributed by atoms with Gasteiger partial charge in [0.25, 0.3) is 0 Å². The van der Waals surface area contributed by atoms with Crippen molar-refractivity contribution >= 4 is 44.7 Å². The normalized spacial score (nSPS) is 12.7. The van der Waals surface area contributed by atoms with Gasteiger partial charge in [-0.3, -0.25) is 0 Å². The van der Waals surface area contributed by atoms with Crippen LogP contribution in [-0.4, -0.2) is 9.97 Å². The van der Waals surface area contributed by atoms with Gasteiger partial charge < -0.3 is 11.1 Å². The molecule has 0 fully saturated rings. The molecule has 3 aromatic rings. The Bertz CT molecular complexity index is 703. The van der Waals surface area contributed by atoms with E-state index in [1.54, 1.807) is 22.7 Å². The number of nitrogens with two attached hydrogens (primary N) is 1. The van der Waals surface area contributed by atoms with Crippen molar-refractivity contribution in [1.29, 1.82) is 0 Å². The molecule has 6 heteroatoms. The van der Waals surface area contributed by atoms with Crippen molar-refractivity contribution in [2.75, 3.05) is 11.1 Å². The number of aromatic nitrogens is 2. The first-order valence-electron chi connectivity index (χ1n) is 5.96. The first-order valence-corrected chi connectivity index (χ1v) is 7.71. The molecular formula is C13H14N4S2. The Morgan fingerprint density at radius 2 is 2.21 bits per heavy atom. The van der Waals surface area contributed by atoms with Crippen LogP contribution in [0.1, 0.15) is 23.4 Å². The van der Waals surface area contributed by atoms with E-state index in [0.29, 0.717) is 5.95 Å². The van der Waals surface area contributed by atoms with Gasteiger partial charge in [0.1, 0.15) is 10.6 Å². The van der Waals surface area contributed by atoms with Gasteiger partial charge >= 0.3 is 0 Å². The van der Waals surface area contributed by atoms with Crippen LogP contribution in [0.25, 0.3) is 10.2 Å². The fraction of sp³-hybridized carbons (Fsp3) is 0.231. The molecule has 98 valence electrons. The van der Waals surface area contributed by atoms with Crippen molar-refractivity contribution in [2.24, 2.45) is 0 Å². The average Bonchev–Trinajstić information content (AvgIpc) is 2.96. The smallest absolute Gasteiger partial charge is 0.223 e. The standard InChI is InChI=1S/C13H14N4S2/c1-7-5-10-11(16-13(14)17-12(10)19-7)15-8(2)9-3-4-18-6-9/h3-6,8H,1-2H3,(H3,14,15,16,17). The fourth-order valence-corrected chi connectivity index (χ4v) is 3.62. The van der Waals surface area contributed by atoms with E-state index < -0.39 is 0 Å². The van der Waals surface area contributed by atoms with Crippen LogP contribution in [-0.2, 0) is 0 Å². The summed E-state index contributed by atoms with van der Waals surface area (Å²) in [4.78, 5) is 10.7. The van der Waals surface area contributed by atoms with Crippen LogP contribution >= 0.6 is 22.7 Å². The molecule has 3 rings (SSSR count). The molecule has 0 saturated carbocycles. The van der Waals surface area contributed by atoms with Crippen LogP contribution in [0.3, 0.4) is 0 Å². The summed E-state index contributed by atoms with van der Waals surface area (Å²) >= 11 is 3.33. The second kappa shape index (κ2) is 4.79. The van der Waals surface area contributed by atoms with Crippen LogP contribution in [0, 0.1) is 6.92 Å². The third-order valence-corrected chi connectivity index (χ3v) is 4.58. The summed E-state index contributed by atoms with van der Waals surface area (Å²) in [5.74, 6) is 1.12. The zero-order valence-electron chi connectivity index (χ0n) is 10.7. The van der Waals surface area contributed by atoms with Crippen molar-refractivity contribution in [1.82, 2.24) is 9.97 Å². The van der Waals surface area contributed by atoms with E-state index in [9.17, 15) is 0 Å². The molecule has 0 aromatic carbocycles. The lowest BCUT2D eigenvalue weighted by molar-refractivity contribution is 0.882. The first kappa shape index (κ1) is 12.4. The summed E-state index contributed by atoms with van der Waals surface area (Å²) < 4.78 is 0. The largest absolute Gasteiger partial charge is 0.368 e. The Labute approximate surface area is 119 Å². The van der Waals surface area contributed by atoms with Crippen molar-refractivity contribution in [2.45, 2.75) is 19.9 Å². The maximum atomic E-state index is 5.77. The van der Waals surface area contributed by atoms with Crippen LogP contribution in [0.5, 0.6) is 0 Å². The van der Waals surface area contributed by atoms with E-state index in [0.717, 1.165) is 16.0 Å². The Kier molecular flexibility index (Phi) is 3.12. The summed E-state index contributed by atoms with van der Waals surface area (Å²) in [7, 11) is 0. The number of anilines is 2. The maximum Gasteiger partial charge on any atom is 0.223 e. The number of aryl methyl sites for hydroxylation is 1. The van der Waals surface area contributed by atoms with Gasteiger partial charge in [0.15, 0.2) is 0 Å². The monoisotopic (exact) mass is 290 g/mol. The highest BCUT2D eigenvalue weighted by Crippen LogP contribution is 2.31. The highest BCUT2D eigenvalue weighted by atomic mass is 32.1.